The number of hydrogen-bond acceptors (Lipinski definition) is 6. The maximum absolute atomic E-state index is 13.3. The monoisotopic (exact) mass is 559 g/mol. The van der Waals surface area contributed by atoms with Gasteiger partial charge in [-0.2, -0.15) is 0 Å². The number of fused-ring (bicyclic) bond motifs is 2. The van der Waals surface area contributed by atoms with Gasteiger partial charge < -0.3 is 5.32 Å². The van der Waals surface area contributed by atoms with Crippen molar-refractivity contribution in [2.45, 2.75) is 26.4 Å². The van der Waals surface area contributed by atoms with Crippen LogP contribution in [-0.2, 0) is 19.5 Å². The molecule has 3 aromatic carbocycles. The van der Waals surface area contributed by atoms with Crippen molar-refractivity contribution >= 4 is 62.0 Å². The second-order valence-corrected chi connectivity index (χ2v) is 11.4. The largest absolute Gasteiger partial charge is 0.313 e. The zero-order valence-corrected chi connectivity index (χ0v) is 23.2. The summed E-state index contributed by atoms with van der Waals surface area (Å²) in [5, 5.41) is 4.96. The van der Waals surface area contributed by atoms with Gasteiger partial charge in [0.25, 0.3) is 5.91 Å². The van der Waals surface area contributed by atoms with Crippen molar-refractivity contribution in [3.63, 3.8) is 0 Å². The van der Waals surface area contributed by atoms with Crippen LogP contribution in [0.15, 0.2) is 78.9 Å². The van der Waals surface area contributed by atoms with E-state index >= 15 is 0 Å². The van der Waals surface area contributed by atoms with Gasteiger partial charge in [0.1, 0.15) is 10.0 Å². The number of carbonyl (C=O) groups excluding carboxylic acids is 2. The first kappa shape index (κ1) is 26.3. The SMILES string of the molecule is CC(=O)c1ccc(C(=O)Nc2sc3c(c2-c2nc4ccccc4s2)CCN(Cc2ccccc2)C3)cc1.Cl. The number of anilines is 1. The van der Waals surface area contributed by atoms with E-state index in [1.807, 2.05) is 24.3 Å². The molecule has 0 atom stereocenters. The molecule has 8 heteroatoms. The van der Waals surface area contributed by atoms with Crippen LogP contribution in [0.25, 0.3) is 20.8 Å². The number of halogens is 1. The zero-order chi connectivity index (χ0) is 25.4. The van der Waals surface area contributed by atoms with E-state index in [9.17, 15) is 9.59 Å². The molecule has 6 rings (SSSR count). The highest BCUT2D eigenvalue weighted by atomic mass is 35.5. The van der Waals surface area contributed by atoms with Crippen molar-refractivity contribution in [2.75, 3.05) is 11.9 Å². The lowest BCUT2D eigenvalue weighted by molar-refractivity contribution is 0.101. The first-order valence-corrected chi connectivity index (χ1v) is 13.9. The predicted octanol–water partition coefficient (Wildman–Crippen LogP) is 7.46. The summed E-state index contributed by atoms with van der Waals surface area (Å²) in [6.45, 7) is 4.22. The van der Waals surface area contributed by atoms with Gasteiger partial charge in [-0.3, -0.25) is 14.5 Å². The molecular formula is C30H26ClN3O2S2. The number of rotatable bonds is 6. The van der Waals surface area contributed by atoms with Gasteiger partial charge in [-0.15, -0.1) is 35.1 Å². The molecule has 192 valence electrons. The van der Waals surface area contributed by atoms with Crippen LogP contribution in [-0.4, -0.2) is 28.1 Å². The van der Waals surface area contributed by atoms with Crippen LogP contribution in [0.1, 0.15) is 43.6 Å². The van der Waals surface area contributed by atoms with Crippen LogP contribution in [0.3, 0.4) is 0 Å². The van der Waals surface area contributed by atoms with Gasteiger partial charge in [-0.1, -0.05) is 54.6 Å². The number of para-hydroxylation sites is 1. The highest BCUT2D eigenvalue weighted by Gasteiger charge is 2.28. The summed E-state index contributed by atoms with van der Waals surface area (Å²) in [5.41, 5.74) is 5.73. The summed E-state index contributed by atoms with van der Waals surface area (Å²) < 4.78 is 1.14. The van der Waals surface area contributed by atoms with Crippen molar-refractivity contribution in [1.82, 2.24) is 9.88 Å². The maximum atomic E-state index is 13.3. The number of thiazole rings is 1. The molecule has 0 aliphatic carbocycles. The number of ketones is 1. The van der Waals surface area contributed by atoms with Crippen molar-refractivity contribution in [1.29, 1.82) is 0 Å². The number of carbonyl (C=O) groups is 2. The van der Waals surface area contributed by atoms with E-state index in [4.69, 9.17) is 4.98 Å². The standard InChI is InChI=1S/C30H25N3O2S2.ClH/c1-19(34)21-11-13-22(14-12-21)28(35)32-30-27(29-31-24-9-5-6-10-25(24)36-29)23-15-16-33(18-26(23)37-30)17-20-7-3-2-4-8-20;/h2-14H,15-18H2,1H3,(H,32,35);1H. The van der Waals surface area contributed by atoms with E-state index in [0.717, 1.165) is 51.8 Å². The predicted molar refractivity (Wildman–Crippen MR) is 159 cm³/mol. The summed E-state index contributed by atoms with van der Waals surface area (Å²) >= 11 is 3.32. The molecule has 0 bridgehead atoms. The Bertz CT molecular complexity index is 1580. The number of benzene rings is 3. The van der Waals surface area contributed by atoms with Gasteiger partial charge in [-0.05, 0) is 48.7 Å². The molecule has 0 spiro atoms. The minimum Gasteiger partial charge on any atom is -0.313 e. The highest BCUT2D eigenvalue weighted by Crippen LogP contribution is 2.46. The van der Waals surface area contributed by atoms with E-state index in [1.165, 1.54) is 22.9 Å². The van der Waals surface area contributed by atoms with Crippen molar-refractivity contribution in [3.05, 3.63) is 106 Å². The molecule has 2 aromatic heterocycles. The van der Waals surface area contributed by atoms with Gasteiger partial charge in [0.15, 0.2) is 5.78 Å². The van der Waals surface area contributed by atoms with Gasteiger partial charge in [0, 0.05) is 41.2 Å². The molecular weight excluding hydrogens is 534 g/mol. The molecule has 0 radical (unpaired) electrons. The topological polar surface area (TPSA) is 62.3 Å². The van der Waals surface area contributed by atoms with Crippen molar-refractivity contribution in [2.24, 2.45) is 0 Å². The van der Waals surface area contributed by atoms with Crippen LogP contribution < -0.4 is 5.32 Å². The number of amides is 1. The molecule has 5 nitrogen and oxygen atoms in total. The summed E-state index contributed by atoms with van der Waals surface area (Å²) in [5.74, 6) is -0.201. The Morgan fingerprint density at radius 3 is 2.37 bits per heavy atom. The fraction of sp³-hybridized carbons (Fsp3) is 0.167. The van der Waals surface area contributed by atoms with E-state index in [2.05, 4.69) is 40.5 Å². The normalized spacial score (nSPS) is 13.1. The summed E-state index contributed by atoms with van der Waals surface area (Å²) in [6, 6.07) is 25.5. The number of Topliss-reactive ketones (excluding diaryl/α,β-unsaturated/α-hetero) is 1. The number of nitrogens with one attached hydrogen (secondary N) is 1. The molecule has 5 aromatic rings. The quantitative estimate of drug-likeness (QED) is 0.219. The van der Waals surface area contributed by atoms with E-state index in [-0.39, 0.29) is 24.1 Å². The average Bonchev–Trinajstić information content (AvgIpc) is 3.49. The molecule has 0 saturated heterocycles. The molecule has 38 heavy (non-hydrogen) atoms. The van der Waals surface area contributed by atoms with Crippen molar-refractivity contribution < 1.29 is 9.59 Å². The van der Waals surface area contributed by atoms with E-state index < -0.39 is 0 Å². The lowest BCUT2D eigenvalue weighted by Crippen LogP contribution is -2.29. The Labute approximate surface area is 235 Å². The number of aromatic nitrogens is 1. The van der Waals surface area contributed by atoms with Crippen LogP contribution in [0, 0.1) is 0 Å². The average molecular weight is 560 g/mol. The second-order valence-electron chi connectivity index (χ2n) is 9.23. The Morgan fingerprint density at radius 2 is 1.63 bits per heavy atom. The molecule has 1 aliphatic heterocycles. The summed E-state index contributed by atoms with van der Waals surface area (Å²) in [4.78, 5) is 33.6. The Morgan fingerprint density at radius 1 is 0.921 bits per heavy atom. The fourth-order valence-corrected chi connectivity index (χ4v) is 7.15. The van der Waals surface area contributed by atoms with Crippen LogP contribution in [0.2, 0.25) is 0 Å². The molecule has 1 aliphatic rings. The van der Waals surface area contributed by atoms with Crippen molar-refractivity contribution in [3.8, 4) is 10.6 Å². The number of thiophene rings is 1. The van der Waals surface area contributed by atoms with Gasteiger partial charge in [0.2, 0.25) is 0 Å². The fourth-order valence-electron chi connectivity index (χ4n) is 4.76. The molecule has 1 N–H and O–H groups in total. The third kappa shape index (κ3) is 5.28. The Hall–Kier alpha value is -3.36. The minimum atomic E-state index is -0.183. The number of nitrogens with zero attached hydrogens (tertiary/aromatic N) is 2. The lowest BCUT2D eigenvalue weighted by Gasteiger charge is -2.27. The molecule has 3 heterocycles. The van der Waals surface area contributed by atoms with E-state index in [0.29, 0.717) is 11.1 Å². The third-order valence-corrected chi connectivity index (χ3v) is 8.86. The van der Waals surface area contributed by atoms with Crippen LogP contribution >= 0.6 is 35.1 Å². The van der Waals surface area contributed by atoms with Gasteiger partial charge >= 0.3 is 0 Å². The van der Waals surface area contributed by atoms with Gasteiger partial charge in [-0.25, -0.2) is 4.98 Å². The van der Waals surface area contributed by atoms with Gasteiger partial charge in [0.05, 0.1) is 10.2 Å². The Kier molecular flexibility index (Phi) is 7.72. The molecule has 0 saturated carbocycles. The van der Waals surface area contributed by atoms with Crippen LogP contribution in [0.5, 0.6) is 0 Å². The summed E-state index contributed by atoms with van der Waals surface area (Å²) in [7, 11) is 0. The lowest BCUT2D eigenvalue weighted by atomic mass is 10.0. The first-order chi connectivity index (χ1) is 18.0. The smallest absolute Gasteiger partial charge is 0.256 e. The molecule has 0 fully saturated rings. The van der Waals surface area contributed by atoms with E-state index in [1.54, 1.807) is 46.9 Å². The Balaban J connectivity index is 0.00000294. The second kappa shape index (κ2) is 11.2. The molecule has 1 amide bonds. The van der Waals surface area contributed by atoms with Crippen LogP contribution in [0.4, 0.5) is 5.00 Å². The summed E-state index contributed by atoms with van der Waals surface area (Å²) in [6.07, 6.45) is 0.910. The third-order valence-electron chi connectivity index (χ3n) is 6.67. The number of hydrogen-bond donors (Lipinski definition) is 1. The first-order valence-electron chi connectivity index (χ1n) is 12.2. The molecule has 0 unspecified atom stereocenters. The zero-order valence-electron chi connectivity index (χ0n) is 20.8. The maximum Gasteiger partial charge on any atom is 0.256 e. The minimum absolute atomic E-state index is 0. The highest BCUT2D eigenvalue weighted by molar-refractivity contribution is 7.23.